The van der Waals surface area contributed by atoms with E-state index >= 15 is 0 Å². The maximum atomic E-state index is 12.3. The third kappa shape index (κ3) is 6.12. The predicted octanol–water partition coefficient (Wildman–Crippen LogP) is 5.89. The third-order valence-electron chi connectivity index (χ3n) is 5.40. The van der Waals surface area contributed by atoms with Crippen molar-refractivity contribution in [3.05, 3.63) is 70.8 Å². The highest BCUT2D eigenvalue weighted by Gasteiger charge is 2.49. The average Bonchev–Trinajstić information content (AvgIpc) is 2.68. The van der Waals surface area contributed by atoms with Crippen LogP contribution in [-0.2, 0) is 9.22 Å². The number of halogens is 1. The van der Waals surface area contributed by atoms with Crippen LogP contribution in [0.5, 0.6) is 0 Å². The second-order valence-corrected chi connectivity index (χ2v) is 14.4. The highest BCUT2D eigenvalue weighted by atomic mass is 127. The summed E-state index contributed by atoms with van der Waals surface area (Å²) >= 11 is 2.21. The molecule has 0 fully saturated rings. The van der Waals surface area contributed by atoms with Gasteiger partial charge in [0, 0.05) is 19.4 Å². The lowest BCUT2D eigenvalue weighted by molar-refractivity contribution is -0.119. The molecule has 0 amide bonds. The summed E-state index contributed by atoms with van der Waals surface area (Å²) in [6.07, 6.45) is 1.89. The van der Waals surface area contributed by atoms with Gasteiger partial charge in [-0.15, -0.1) is 0 Å². The number of carbonyl (C=O) groups excluding carboxylic acids is 1. The van der Waals surface area contributed by atoms with Gasteiger partial charge in [0.25, 0.3) is 8.32 Å². The maximum Gasteiger partial charge on any atom is 0.261 e. The Hall–Kier alpha value is -1.24. The molecule has 0 N–H and O–H groups in total. The van der Waals surface area contributed by atoms with Gasteiger partial charge in [-0.1, -0.05) is 94.9 Å². The van der Waals surface area contributed by atoms with Gasteiger partial charge in [-0.2, -0.15) is 0 Å². The first-order valence-corrected chi connectivity index (χ1v) is 13.3. The predicted molar refractivity (Wildman–Crippen MR) is 135 cm³/mol. The number of allylic oxidation sites excluding steroid dienone is 1. The van der Waals surface area contributed by atoms with E-state index < -0.39 is 8.32 Å². The molecule has 0 aromatic heterocycles. The fourth-order valence-electron chi connectivity index (χ4n) is 3.81. The van der Waals surface area contributed by atoms with E-state index in [4.69, 9.17) is 4.43 Å². The molecule has 2 aromatic carbocycles. The Kier molecular flexibility index (Phi) is 8.85. The van der Waals surface area contributed by atoms with E-state index in [9.17, 15) is 4.79 Å². The molecule has 0 aliphatic heterocycles. The van der Waals surface area contributed by atoms with Crippen molar-refractivity contribution in [1.82, 2.24) is 0 Å². The number of hydrogen-bond donors (Lipinski definition) is 0. The minimum atomic E-state index is -2.50. The van der Waals surface area contributed by atoms with Crippen molar-refractivity contribution in [2.45, 2.75) is 52.0 Å². The second-order valence-electron chi connectivity index (χ2n) is 8.71. The van der Waals surface area contributed by atoms with Gasteiger partial charge >= 0.3 is 0 Å². The molecule has 0 saturated carbocycles. The van der Waals surface area contributed by atoms with Gasteiger partial charge in [0.2, 0.25) is 0 Å². The summed E-state index contributed by atoms with van der Waals surface area (Å²) in [6.45, 7) is 13.4. The Morgan fingerprint density at radius 1 is 1.03 bits per heavy atom. The molecule has 0 radical (unpaired) electrons. The van der Waals surface area contributed by atoms with Crippen LogP contribution in [0, 0.1) is 5.92 Å². The Morgan fingerprint density at radius 2 is 1.52 bits per heavy atom. The molecule has 29 heavy (non-hydrogen) atoms. The van der Waals surface area contributed by atoms with E-state index in [2.05, 4.69) is 118 Å². The lowest BCUT2D eigenvalue weighted by atomic mass is 10.0. The molecular weight excluding hydrogens is 487 g/mol. The summed E-state index contributed by atoms with van der Waals surface area (Å²) in [5.74, 6) is 0.530. The van der Waals surface area contributed by atoms with Crippen LogP contribution < -0.4 is 10.4 Å². The molecule has 0 aliphatic carbocycles. The van der Waals surface area contributed by atoms with E-state index in [1.54, 1.807) is 0 Å². The molecule has 1 atom stereocenters. The van der Waals surface area contributed by atoms with E-state index in [1.165, 1.54) is 10.4 Å². The van der Waals surface area contributed by atoms with Gasteiger partial charge < -0.3 is 4.43 Å². The zero-order valence-corrected chi connectivity index (χ0v) is 21.2. The number of hydrogen-bond acceptors (Lipinski definition) is 2. The standard InChI is InChI=1S/C25H33IO2Si/c1-20(21(2)26)19-22(27)13-12-18-28-29(25(3,4)5,23-14-8-6-9-15-23)24-16-10-7-11-17-24/h6-11,14-17,20H,2,12-13,18-19H2,1,3-5H3/t20-/m1/s1. The van der Waals surface area contributed by atoms with Crippen molar-refractivity contribution in [2.24, 2.45) is 5.92 Å². The highest BCUT2D eigenvalue weighted by molar-refractivity contribution is 14.1. The molecule has 0 spiro atoms. The summed E-state index contributed by atoms with van der Waals surface area (Å²) in [5, 5.41) is 2.52. The molecule has 2 rings (SSSR count). The van der Waals surface area contributed by atoms with Crippen LogP contribution in [0.2, 0.25) is 5.04 Å². The maximum absolute atomic E-state index is 12.3. The Bertz CT molecular complexity index is 757. The van der Waals surface area contributed by atoms with Crippen LogP contribution in [0.4, 0.5) is 0 Å². The van der Waals surface area contributed by atoms with Crippen molar-refractivity contribution in [3.8, 4) is 0 Å². The number of Topliss-reactive ketones (excluding diaryl/α,β-unsaturated/α-hetero) is 1. The molecule has 156 valence electrons. The molecule has 2 aromatic rings. The zero-order chi connectivity index (χ0) is 21.5. The SMILES string of the molecule is C=C(I)[C@H](C)CC(=O)CCCO[Si](c1ccccc1)(c1ccccc1)C(C)(C)C. The van der Waals surface area contributed by atoms with Crippen LogP contribution in [0.3, 0.4) is 0 Å². The van der Waals surface area contributed by atoms with Crippen molar-refractivity contribution in [3.63, 3.8) is 0 Å². The summed E-state index contributed by atoms with van der Waals surface area (Å²) < 4.78 is 7.88. The van der Waals surface area contributed by atoms with Crippen LogP contribution in [0.25, 0.3) is 0 Å². The minimum absolute atomic E-state index is 0.0345. The largest absolute Gasteiger partial charge is 0.407 e. The van der Waals surface area contributed by atoms with Crippen LogP contribution >= 0.6 is 22.6 Å². The molecular formula is C25H33IO2Si. The van der Waals surface area contributed by atoms with Crippen molar-refractivity contribution in [2.75, 3.05) is 6.61 Å². The molecule has 0 heterocycles. The minimum Gasteiger partial charge on any atom is -0.407 e. The summed E-state index contributed by atoms with van der Waals surface area (Å²) in [6, 6.07) is 21.3. The van der Waals surface area contributed by atoms with Gasteiger partial charge in [-0.3, -0.25) is 4.79 Å². The van der Waals surface area contributed by atoms with Gasteiger partial charge in [0.15, 0.2) is 0 Å². The fraction of sp³-hybridized carbons (Fsp3) is 0.400. The van der Waals surface area contributed by atoms with E-state index in [0.29, 0.717) is 25.2 Å². The highest BCUT2D eigenvalue weighted by Crippen LogP contribution is 2.36. The topological polar surface area (TPSA) is 26.3 Å². The third-order valence-corrected chi connectivity index (χ3v) is 11.5. The first-order chi connectivity index (χ1) is 13.7. The monoisotopic (exact) mass is 520 g/mol. The van der Waals surface area contributed by atoms with Crippen molar-refractivity contribution in [1.29, 1.82) is 0 Å². The normalized spacial score (nSPS) is 13.1. The fourth-order valence-corrected chi connectivity index (χ4v) is 8.64. The number of ketones is 1. The summed E-state index contributed by atoms with van der Waals surface area (Å²) in [7, 11) is -2.50. The Morgan fingerprint density at radius 3 is 1.93 bits per heavy atom. The molecule has 2 nitrogen and oxygen atoms in total. The molecule has 0 saturated heterocycles. The van der Waals surface area contributed by atoms with Crippen molar-refractivity contribution >= 4 is 47.1 Å². The first kappa shape index (κ1) is 24.0. The average molecular weight is 521 g/mol. The Balaban J connectivity index is 2.21. The van der Waals surface area contributed by atoms with E-state index in [-0.39, 0.29) is 11.0 Å². The zero-order valence-electron chi connectivity index (χ0n) is 18.1. The molecule has 4 heteroatoms. The van der Waals surface area contributed by atoms with Gasteiger partial charge in [0.1, 0.15) is 5.78 Å². The van der Waals surface area contributed by atoms with E-state index in [1.807, 2.05) is 0 Å². The van der Waals surface area contributed by atoms with Crippen LogP contribution in [0.1, 0.15) is 47.0 Å². The quantitative estimate of drug-likeness (QED) is 0.222. The van der Waals surface area contributed by atoms with E-state index in [0.717, 1.165) is 10.0 Å². The molecule has 0 bridgehead atoms. The first-order valence-electron chi connectivity index (χ1n) is 10.3. The number of rotatable bonds is 10. The lowest BCUT2D eigenvalue weighted by Crippen LogP contribution is -2.66. The smallest absolute Gasteiger partial charge is 0.261 e. The summed E-state index contributed by atoms with van der Waals surface area (Å²) in [4.78, 5) is 12.3. The second kappa shape index (κ2) is 10.7. The van der Waals surface area contributed by atoms with Crippen LogP contribution in [0.15, 0.2) is 70.8 Å². The molecule has 0 aliphatic rings. The number of carbonyl (C=O) groups is 1. The summed E-state index contributed by atoms with van der Waals surface area (Å²) in [5.41, 5.74) is 0. The molecule has 0 unspecified atom stereocenters. The van der Waals surface area contributed by atoms with Gasteiger partial charge in [0.05, 0.1) is 0 Å². The van der Waals surface area contributed by atoms with Gasteiger partial charge in [-0.25, -0.2) is 0 Å². The van der Waals surface area contributed by atoms with Gasteiger partial charge in [-0.05, 0) is 53.9 Å². The Labute approximate surface area is 191 Å². The van der Waals surface area contributed by atoms with Crippen molar-refractivity contribution < 1.29 is 9.22 Å². The lowest BCUT2D eigenvalue weighted by Gasteiger charge is -2.43. The number of benzene rings is 2. The van der Waals surface area contributed by atoms with Crippen LogP contribution in [-0.4, -0.2) is 20.7 Å².